The quantitative estimate of drug-likeness (QED) is 0.0901. The fourth-order valence-corrected chi connectivity index (χ4v) is 1.17. The predicted octanol–water partition coefficient (Wildman–Crippen LogP) is -4.38. The minimum absolute atomic E-state index is 0. The number of carbonyl (C=O) groups excluding carboxylic acids is 2. The first-order valence-electron chi connectivity index (χ1n) is 4.25. The molecule has 0 rings (SSSR count). The second-order valence-corrected chi connectivity index (χ2v) is 3.26. The van der Waals surface area contributed by atoms with Crippen molar-refractivity contribution in [1.29, 1.82) is 0 Å². The molecule has 0 N–H and O–H groups in total. The molecule has 20 heavy (non-hydrogen) atoms. The van der Waals surface area contributed by atoms with Crippen molar-refractivity contribution in [3.8, 4) is 0 Å². The smallest absolute Gasteiger partial charge is 0.689 e. The molecule has 0 bridgehead atoms. The summed E-state index contributed by atoms with van der Waals surface area (Å²) < 4.78 is 13.0. The normalized spacial score (nSPS) is 11.3. The summed E-state index contributed by atoms with van der Waals surface area (Å²) in [6.07, 6.45) is -0.332. The van der Waals surface area contributed by atoms with Crippen molar-refractivity contribution in [1.82, 2.24) is 0 Å². The van der Waals surface area contributed by atoms with Crippen LogP contribution in [0.5, 0.6) is 0 Å². The van der Waals surface area contributed by atoms with Gasteiger partial charge < -0.3 is 14.7 Å². The Labute approximate surface area is 138 Å². The van der Waals surface area contributed by atoms with Crippen LogP contribution in [0.2, 0.25) is 0 Å². The zero-order valence-electron chi connectivity index (χ0n) is 10.6. The monoisotopic (exact) mass is 328 g/mol. The minimum atomic E-state index is -1.07. The molecule has 0 aliphatic heterocycles. The Balaban J connectivity index is 0. The van der Waals surface area contributed by atoms with Crippen molar-refractivity contribution in [2.45, 2.75) is 11.7 Å². The molecule has 0 fully saturated rings. The number of rotatable bonds is 11. The van der Waals surface area contributed by atoms with Crippen LogP contribution < -0.4 is 34.8 Å². The average Bonchev–Trinajstić information content (AvgIpc) is 2.43. The van der Waals surface area contributed by atoms with Gasteiger partial charge in [0, 0.05) is 0 Å². The zero-order chi connectivity index (χ0) is 14.5. The standard InChI is InChI=1S/C6H10O12S.Na/c1-10-5(7)3-4(6(8)11-2)19-18-17-16-15-14-13-12-9;/h4,9H,3H2,1-2H3;/q;+1/p-1. The van der Waals surface area contributed by atoms with Crippen LogP contribution in [-0.2, 0) is 53.6 Å². The maximum absolute atomic E-state index is 11.2. The van der Waals surface area contributed by atoms with Gasteiger partial charge in [0.05, 0.1) is 32.7 Å². The third-order valence-electron chi connectivity index (χ3n) is 1.37. The molecule has 0 aliphatic carbocycles. The molecule has 1 unspecified atom stereocenters. The first-order chi connectivity index (χ1) is 9.15. The van der Waals surface area contributed by atoms with E-state index in [0.29, 0.717) is 12.0 Å². The third-order valence-corrected chi connectivity index (χ3v) is 2.09. The van der Waals surface area contributed by atoms with Gasteiger partial charge in [-0.25, -0.2) is 0 Å². The summed E-state index contributed by atoms with van der Waals surface area (Å²) in [6.45, 7) is 0. The Kier molecular flexibility index (Phi) is 17.1. The Bertz CT molecular complexity index is 264. The van der Waals surface area contributed by atoms with Gasteiger partial charge in [0.25, 0.3) is 0 Å². The average molecular weight is 328 g/mol. The van der Waals surface area contributed by atoms with Crippen molar-refractivity contribution in [2.75, 3.05) is 14.2 Å². The fraction of sp³-hybridized carbons (Fsp3) is 0.667. The summed E-state index contributed by atoms with van der Waals surface area (Å²) >= 11 is 0.370. The number of carbonyl (C=O) groups is 2. The van der Waals surface area contributed by atoms with E-state index in [1.54, 1.807) is 0 Å². The Morgan fingerprint density at radius 1 is 1.05 bits per heavy atom. The first kappa shape index (κ1) is 22.3. The van der Waals surface area contributed by atoms with Crippen LogP contribution in [0, 0.1) is 0 Å². The minimum Gasteiger partial charge on any atom is -0.689 e. The molecule has 0 aromatic carbocycles. The number of esters is 2. The summed E-state index contributed by atoms with van der Waals surface area (Å²) in [4.78, 5) is 22.2. The van der Waals surface area contributed by atoms with E-state index < -0.39 is 17.2 Å². The molecular formula is C6H9NaO12S. The summed E-state index contributed by atoms with van der Waals surface area (Å²) in [5.74, 6) is -1.44. The zero-order valence-corrected chi connectivity index (χ0v) is 13.4. The molecule has 0 heterocycles. The Morgan fingerprint density at radius 3 is 2.20 bits per heavy atom. The van der Waals surface area contributed by atoms with E-state index >= 15 is 0 Å². The van der Waals surface area contributed by atoms with Crippen LogP contribution >= 0.6 is 12.0 Å². The van der Waals surface area contributed by atoms with E-state index in [1.807, 2.05) is 0 Å². The van der Waals surface area contributed by atoms with Crippen molar-refractivity contribution >= 4 is 24.0 Å². The molecule has 0 spiro atoms. The van der Waals surface area contributed by atoms with E-state index in [-0.39, 0.29) is 36.0 Å². The molecule has 0 saturated carbocycles. The SMILES string of the molecule is COC(=O)CC(SOOOOOOO[O-])C(=O)OC.[Na+]. The fourth-order valence-electron chi connectivity index (χ4n) is 0.643. The Morgan fingerprint density at radius 2 is 1.65 bits per heavy atom. The number of hydrogen-bond acceptors (Lipinski definition) is 13. The van der Waals surface area contributed by atoms with Crippen LogP contribution in [-0.4, -0.2) is 31.4 Å². The predicted molar refractivity (Wildman–Crippen MR) is 47.6 cm³/mol. The molecule has 0 aliphatic rings. The van der Waals surface area contributed by atoms with E-state index in [2.05, 4.69) is 44.0 Å². The second-order valence-electron chi connectivity index (χ2n) is 2.36. The first-order valence-corrected chi connectivity index (χ1v) is 5.06. The molecule has 0 saturated heterocycles. The van der Waals surface area contributed by atoms with Gasteiger partial charge in [-0.05, 0) is 25.2 Å². The molecule has 0 aromatic heterocycles. The largest absolute Gasteiger partial charge is 1.00 e. The van der Waals surface area contributed by atoms with Gasteiger partial charge >= 0.3 is 41.5 Å². The number of methoxy groups -OCH3 is 2. The molecule has 0 amide bonds. The third kappa shape index (κ3) is 11.8. The molecule has 12 nitrogen and oxygen atoms in total. The van der Waals surface area contributed by atoms with Gasteiger partial charge in [-0.2, -0.15) is 0 Å². The topological polar surface area (TPSA) is 140 Å². The van der Waals surface area contributed by atoms with E-state index in [4.69, 9.17) is 0 Å². The summed E-state index contributed by atoms with van der Waals surface area (Å²) in [6, 6.07) is 0. The molecule has 14 heteroatoms. The van der Waals surface area contributed by atoms with Crippen LogP contribution in [0.4, 0.5) is 0 Å². The van der Waals surface area contributed by atoms with Crippen molar-refractivity contribution in [2.24, 2.45) is 0 Å². The summed E-state index contributed by atoms with van der Waals surface area (Å²) in [5, 5.41) is 28.5. The summed E-state index contributed by atoms with van der Waals surface area (Å²) in [7, 11) is 2.26. The molecular weight excluding hydrogens is 319 g/mol. The second kappa shape index (κ2) is 15.4. The molecule has 1 atom stereocenters. The molecule has 0 radical (unpaired) electrons. The van der Waals surface area contributed by atoms with Crippen LogP contribution in [0.1, 0.15) is 6.42 Å². The van der Waals surface area contributed by atoms with Gasteiger partial charge in [0.2, 0.25) is 0 Å². The van der Waals surface area contributed by atoms with Crippen LogP contribution in [0.25, 0.3) is 0 Å². The van der Waals surface area contributed by atoms with E-state index in [1.165, 1.54) is 0 Å². The summed E-state index contributed by atoms with van der Waals surface area (Å²) in [5.41, 5.74) is 0. The maximum Gasteiger partial charge on any atom is 1.00 e. The van der Waals surface area contributed by atoms with Crippen molar-refractivity contribution in [3.05, 3.63) is 0 Å². The van der Waals surface area contributed by atoms with Gasteiger partial charge in [-0.15, -0.1) is 4.33 Å². The Hall–Kier alpha value is -0.0300. The molecule has 0 aromatic rings. The van der Waals surface area contributed by atoms with Gasteiger partial charge in [-0.1, -0.05) is 0 Å². The number of ether oxygens (including phenoxy) is 2. The number of hydrogen-bond donors (Lipinski definition) is 0. The van der Waals surface area contributed by atoms with Gasteiger partial charge in [-0.3, -0.25) is 14.6 Å². The van der Waals surface area contributed by atoms with E-state index in [0.717, 1.165) is 14.2 Å². The molecule has 112 valence electrons. The van der Waals surface area contributed by atoms with Gasteiger partial charge in [0.15, 0.2) is 0 Å². The van der Waals surface area contributed by atoms with Crippen LogP contribution in [0.15, 0.2) is 0 Å². The maximum atomic E-state index is 11.2. The van der Waals surface area contributed by atoms with E-state index in [9.17, 15) is 14.8 Å². The van der Waals surface area contributed by atoms with Crippen LogP contribution in [0.3, 0.4) is 0 Å². The van der Waals surface area contributed by atoms with Crippen molar-refractivity contribution < 1.29 is 88.4 Å². The van der Waals surface area contributed by atoms with Crippen molar-refractivity contribution in [3.63, 3.8) is 0 Å². The van der Waals surface area contributed by atoms with Gasteiger partial charge in [0.1, 0.15) is 5.25 Å².